The van der Waals surface area contributed by atoms with Crippen molar-refractivity contribution in [3.8, 4) is 0 Å². The predicted octanol–water partition coefficient (Wildman–Crippen LogP) is 2.59. The van der Waals surface area contributed by atoms with E-state index in [1.165, 1.54) is 11.3 Å². The number of hydrogen-bond donors (Lipinski definition) is 1. The minimum Gasteiger partial charge on any atom is -0.312 e. The molecule has 0 radical (unpaired) electrons. The highest BCUT2D eigenvalue weighted by Crippen LogP contribution is 2.10. The van der Waals surface area contributed by atoms with Gasteiger partial charge in [0.05, 0.1) is 5.69 Å². The van der Waals surface area contributed by atoms with Crippen LogP contribution in [0.2, 0.25) is 0 Å². The third kappa shape index (κ3) is 3.95. The van der Waals surface area contributed by atoms with Gasteiger partial charge in [0.1, 0.15) is 0 Å². The van der Waals surface area contributed by atoms with Gasteiger partial charge in [0.2, 0.25) is 0 Å². The Labute approximate surface area is 81.5 Å². The highest BCUT2D eigenvalue weighted by molar-refractivity contribution is 5.45. The highest BCUT2D eigenvalue weighted by Gasteiger charge is 1.94. The zero-order valence-corrected chi connectivity index (χ0v) is 9.26. The summed E-state index contributed by atoms with van der Waals surface area (Å²) in [6, 6.07) is 8.38. The molecule has 2 heteroatoms. The van der Waals surface area contributed by atoms with Gasteiger partial charge in [-0.15, -0.1) is 0 Å². The Morgan fingerprint density at radius 1 is 1.08 bits per heavy atom. The van der Waals surface area contributed by atoms with Gasteiger partial charge in [0.25, 0.3) is 0 Å². The Kier molecular flexibility index (Phi) is 5.98. The molecular weight excluding hydrogens is 160 g/mol. The lowest BCUT2D eigenvalue weighted by molar-refractivity contribution is 0.791. The van der Waals surface area contributed by atoms with Gasteiger partial charge >= 0.3 is 0 Å². The van der Waals surface area contributed by atoms with Crippen LogP contribution in [0.25, 0.3) is 0 Å². The van der Waals surface area contributed by atoms with Crippen LogP contribution in [0.15, 0.2) is 24.3 Å². The summed E-state index contributed by atoms with van der Waals surface area (Å²) >= 11 is 0. The summed E-state index contributed by atoms with van der Waals surface area (Å²) in [6.45, 7) is 6.09. The zero-order chi connectivity index (χ0) is 10.3. The van der Waals surface area contributed by atoms with Crippen LogP contribution in [-0.2, 0) is 0 Å². The van der Waals surface area contributed by atoms with Crippen molar-refractivity contribution in [3.05, 3.63) is 29.8 Å². The van der Waals surface area contributed by atoms with Crippen molar-refractivity contribution in [3.63, 3.8) is 0 Å². The second-order valence-electron chi connectivity index (χ2n) is 2.62. The number of hydrazine groups is 1. The van der Waals surface area contributed by atoms with E-state index >= 15 is 0 Å². The number of aryl methyl sites for hydroxylation is 1. The van der Waals surface area contributed by atoms with E-state index in [1.54, 1.807) is 0 Å². The number of anilines is 1. The fourth-order valence-corrected chi connectivity index (χ4v) is 0.897. The van der Waals surface area contributed by atoms with Crippen molar-refractivity contribution in [1.82, 2.24) is 5.43 Å². The normalized spacial score (nSPS) is 8.69. The molecule has 1 rings (SSSR count). The van der Waals surface area contributed by atoms with E-state index < -0.39 is 0 Å². The predicted molar refractivity (Wildman–Crippen MR) is 60.0 cm³/mol. The Morgan fingerprint density at radius 3 is 1.92 bits per heavy atom. The summed E-state index contributed by atoms with van der Waals surface area (Å²) in [5, 5.41) is 1.97. The minimum atomic E-state index is 1.18. The summed E-state index contributed by atoms with van der Waals surface area (Å²) in [4.78, 5) is 0. The summed E-state index contributed by atoms with van der Waals surface area (Å²) < 4.78 is 0. The van der Waals surface area contributed by atoms with Gasteiger partial charge in [-0.1, -0.05) is 31.5 Å². The maximum atomic E-state index is 3.03. The lowest BCUT2D eigenvalue weighted by atomic mass is 10.2. The maximum Gasteiger partial charge on any atom is 0.0516 e. The van der Waals surface area contributed by atoms with E-state index in [2.05, 4.69) is 36.6 Å². The van der Waals surface area contributed by atoms with Gasteiger partial charge < -0.3 is 5.01 Å². The molecule has 13 heavy (non-hydrogen) atoms. The van der Waals surface area contributed by atoms with Crippen LogP contribution in [0.3, 0.4) is 0 Å². The fourth-order valence-electron chi connectivity index (χ4n) is 0.897. The molecule has 0 aliphatic rings. The molecule has 0 aliphatic carbocycles. The molecule has 0 amide bonds. The first-order chi connectivity index (χ1) is 6.24. The fraction of sp³-hybridized carbons (Fsp3) is 0.455. The van der Waals surface area contributed by atoms with Gasteiger partial charge in [-0.2, -0.15) is 0 Å². The largest absolute Gasteiger partial charge is 0.312 e. The van der Waals surface area contributed by atoms with E-state index in [4.69, 9.17) is 0 Å². The lowest BCUT2D eigenvalue weighted by Gasteiger charge is -2.17. The van der Waals surface area contributed by atoms with Crippen LogP contribution < -0.4 is 10.4 Å². The van der Waals surface area contributed by atoms with Gasteiger partial charge in [-0.3, -0.25) is 0 Å². The van der Waals surface area contributed by atoms with Crippen molar-refractivity contribution in [1.29, 1.82) is 0 Å². The SMILES string of the molecule is CC.CNN(C)c1ccc(C)cc1. The molecule has 0 bridgehead atoms. The third-order valence-electron chi connectivity index (χ3n) is 1.76. The highest BCUT2D eigenvalue weighted by atomic mass is 15.5. The smallest absolute Gasteiger partial charge is 0.0516 e. The number of nitrogens with one attached hydrogen (secondary N) is 1. The van der Waals surface area contributed by atoms with E-state index in [9.17, 15) is 0 Å². The molecule has 74 valence electrons. The van der Waals surface area contributed by atoms with E-state index in [1.807, 2.05) is 33.0 Å². The molecular formula is C11H20N2. The molecule has 0 saturated heterocycles. The van der Waals surface area contributed by atoms with Gasteiger partial charge in [0.15, 0.2) is 0 Å². The standard InChI is InChI=1S/C9H14N2.C2H6/c1-8-4-6-9(7-5-8)11(3)10-2;1-2/h4-7,10H,1-3H3;1-2H3. The molecule has 0 aromatic heterocycles. The molecule has 0 saturated carbocycles. The molecule has 0 unspecified atom stereocenters. The monoisotopic (exact) mass is 180 g/mol. The molecule has 1 aromatic carbocycles. The molecule has 0 spiro atoms. The van der Waals surface area contributed by atoms with Gasteiger partial charge in [0, 0.05) is 14.1 Å². The summed E-state index contributed by atoms with van der Waals surface area (Å²) in [6.07, 6.45) is 0. The third-order valence-corrected chi connectivity index (χ3v) is 1.76. The van der Waals surface area contributed by atoms with Gasteiger partial charge in [-0.25, -0.2) is 5.43 Å². The van der Waals surface area contributed by atoms with Crippen LogP contribution >= 0.6 is 0 Å². The first-order valence-electron chi connectivity index (χ1n) is 4.72. The Morgan fingerprint density at radius 2 is 1.54 bits per heavy atom. The second-order valence-corrected chi connectivity index (χ2v) is 2.62. The topological polar surface area (TPSA) is 15.3 Å². The van der Waals surface area contributed by atoms with E-state index in [0.29, 0.717) is 0 Å². The molecule has 0 heterocycles. The second kappa shape index (κ2) is 6.49. The van der Waals surface area contributed by atoms with Crippen LogP contribution in [0.5, 0.6) is 0 Å². The maximum absolute atomic E-state index is 3.03. The summed E-state index contributed by atoms with van der Waals surface area (Å²) in [7, 11) is 3.89. The van der Waals surface area contributed by atoms with E-state index in [0.717, 1.165) is 0 Å². The quantitative estimate of drug-likeness (QED) is 0.704. The average Bonchev–Trinajstić information content (AvgIpc) is 2.21. The first-order valence-corrected chi connectivity index (χ1v) is 4.72. The van der Waals surface area contributed by atoms with Crippen LogP contribution in [-0.4, -0.2) is 14.1 Å². The van der Waals surface area contributed by atoms with Crippen LogP contribution in [0.4, 0.5) is 5.69 Å². The Balaban J connectivity index is 0.000000671. The molecule has 0 atom stereocenters. The Hall–Kier alpha value is -1.02. The summed E-state index contributed by atoms with van der Waals surface area (Å²) in [5.74, 6) is 0. The minimum absolute atomic E-state index is 1.18. The van der Waals surface area contributed by atoms with Crippen molar-refractivity contribution in [2.45, 2.75) is 20.8 Å². The Bertz CT molecular complexity index is 216. The number of hydrogen-bond acceptors (Lipinski definition) is 2. The first kappa shape index (κ1) is 12.0. The zero-order valence-electron chi connectivity index (χ0n) is 9.26. The van der Waals surface area contributed by atoms with Crippen LogP contribution in [0.1, 0.15) is 19.4 Å². The number of rotatable bonds is 2. The lowest BCUT2D eigenvalue weighted by Crippen LogP contribution is -2.30. The molecule has 1 N–H and O–H groups in total. The molecule has 0 fully saturated rings. The van der Waals surface area contributed by atoms with Crippen molar-refractivity contribution >= 4 is 5.69 Å². The van der Waals surface area contributed by atoms with E-state index in [-0.39, 0.29) is 0 Å². The average molecular weight is 180 g/mol. The number of benzene rings is 1. The molecule has 2 nitrogen and oxygen atoms in total. The van der Waals surface area contributed by atoms with Crippen LogP contribution in [0, 0.1) is 6.92 Å². The van der Waals surface area contributed by atoms with Crippen molar-refractivity contribution in [2.75, 3.05) is 19.1 Å². The van der Waals surface area contributed by atoms with Gasteiger partial charge in [-0.05, 0) is 19.1 Å². The summed E-state index contributed by atoms with van der Waals surface area (Å²) in [5.41, 5.74) is 5.50. The molecule has 1 aromatic rings. The van der Waals surface area contributed by atoms with Crippen molar-refractivity contribution in [2.24, 2.45) is 0 Å². The van der Waals surface area contributed by atoms with Crippen molar-refractivity contribution < 1.29 is 0 Å². The number of nitrogens with zero attached hydrogens (tertiary/aromatic N) is 1. The molecule has 0 aliphatic heterocycles.